The van der Waals surface area contributed by atoms with E-state index >= 15 is 0 Å². The Hall–Kier alpha value is -3.99. The van der Waals surface area contributed by atoms with Crippen LogP contribution in [0.3, 0.4) is 0 Å². The fourth-order valence-electron chi connectivity index (χ4n) is 2.87. The van der Waals surface area contributed by atoms with Crippen molar-refractivity contribution in [2.45, 2.75) is 0 Å². The Labute approximate surface area is 159 Å². The molecule has 0 bridgehead atoms. The van der Waals surface area contributed by atoms with E-state index in [4.69, 9.17) is 0 Å². The van der Waals surface area contributed by atoms with Crippen LogP contribution in [0.25, 0.3) is 32.3 Å². The maximum absolute atomic E-state index is 12.9. The molecule has 4 heterocycles. The van der Waals surface area contributed by atoms with Crippen LogP contribution >= 0.6 is 11.3 Å². The monoisotopic (exact) mass is 391 g/mol. The number of thiazole rings is 1. The molecule has 0 aliphatic heterocycles. The van der Waals surface area contributed by atoms with Crippen molar-refractivity contribution in [1.82, 2.24) is 29.1 Å². The highest BCUT2D eigenvalue weighted by Gasteiger charge is 2.13. The van der Waals surface area contributed by atoms with Gasteiger partial charge in [0.05, 0.1) is 20.7 Å². The van der Waals surface area contributed by atoms with E-state index in [2.05, 4.69) is 20.1 Å². The summed E-state index contributed by atoms with van der Waals surface area (Å²) in [4.78, 5) is 36.5. The Bertz CT molecular complexity index is 1420. The zero-order valence-electron chi connectivity index (χ0n) is 14.0. The summed E-state index contributed by atoms with van der Waals surface area (Å²) in [6, 6.07) is 7.94. The van der Waals surface area contributed by atoms with Crippen molar-refractivity contribution >= 4 is 33.7 Å². The Balaban J connectivity index is 1.59. The first-order valence-corrected chi connectivity index (χ1v) is 8.84. The van der Waals surface area contributed by atoms with Gasteiger partial charge in [0.2, 0.25) is 0 Å². The molecule has 0 atom stereocenters. The van der Waals surface area contributed by atoms with Crippen molar-refractivity contribution in [1.29, 1.82) is 0 Å². The van der Waals surface area contributed by atoms with Crippen LogP contribution < -0.4 is 5.56 Å². The molecule has 4 aromatic heterocycles. The Morgan fingerprint density at radius 1 is 1.04 bits per heavy atom. The lowest BCUT2D eigenvalue weighted by Crippen LogP contribution is -2.18. The van der Waals surface area contributed by atoms with Crippen molar-refractivity contribution in [3.8, 4) is 15.6 Å². The summed E-state index contributed by atoms with van der Waals surface area (Å²) in [7, 11) is 0. The lowest BCUT2D eigenvalue weighted by molar-refractivity contribution is -0.384. The fraction of sp³-hybridized carbons (Fsp3) is 0. The zero-order valence-corrected chi connectivity index (χ0v) is 14.8. The molecule has 0 aliphatic carbocycles. The van der Waals surface area contributed by atoms with E-state index in [0.29, 0.717) is 21.8 Å². The lowest BCUT2D eigenvalue weighted by atomic mass is 10.2. The number of hydrogen-bond donors (Lipinski definition) is 0. The van der Waals surface area contributed by atoms with Crippen molar-refractivity contribution in [3.63, 3.8) is 0 Å². The highest BCUT2D eigenvalue weighted by Crippen LogP contribution is 2.29. The number of nitro groups is 1. The largest absolute Gasteiger partial charge is 0.269 e. The van der Waals surface area contributed by atoms with Gasteiger partial charge in [-0.05, 0) is 23.8 Å². The van der Waals surface area contributed by atoms with Gasteiger partial charge in [0.1, 0.15) is 6.33 Å². The van der Waals surface area contributed by atoms with Gasteiger partial charge in [-0.1, -0.05) is 11.3 Å². The highest BCUT2D eigenvalue weighted by atomic mass is 32.1. The number of non-ortho nitro benzene ring substituents is 1. The summed E-state index contributed by atoms with van der Waals surface area (Å²) in [5.74, 6) is 0.416. The quantitative estimate of drug-likeness (QED) is 0.342. The maximum atomic E-state index is 12.9. The van der Waals surface area contributed by atoms with Gasteiger partial charge in [0.15, 0.2) is 5.13 Å². The third-order valence-corrected chi connectivity index (χ3v) is 5.28. The van der Waals surface area contributed by atoms with Gasteiger partial charge < -0.3 is 0 Å². The summed E-state index contributed by atoms with van der Waals surface area (Å²) in [6.07, 6.45) is 6.12. The van der Waals surface area contributed by atoms with E-state index in [9.17, 15) is 14.9 Å². The lowest BCUT2D eigenvalue weighted by Gasteiger charge is -2.04. The second kappa shape index (κ2) is 6.03. The first-order valence-electron chi connectivity index (χ1n) is 8.03. The molecule has 136 valence electrons. The number of aromatic nitrogens is 6. The van der Waals surface area contributed by atoms with Gasteiger partial charge in [-0.3, -0.25) is 19.5 Å². The van der Waals surface area contributed by atoms with Gasteiger partial charge in [0, 0.05) is 30.7 Å². The molecule has 5 aromatic rings. The molecule has 5 rings (SSSR count). The molecule has 0 amide bonds. The third kappa shape index (κ3) is 2.45. The highest BCUT2D eigenvalue weighted by molar-refractivity contribution is 7.17. The summed E-state index contributed by atoms with van der Waals surface area (Å²) >= 11 is 1.31. The second-order valence-corrected chi connectivity index (χ2v) is 6.84. The number of fused-ring (bicyclic) bond motifs is 3. The molecule has 0 radical (unpaired) electrons. The first kappa shape index (κ1) is 16.2. The van der Waals surface area contributed by atoms with Crippen LogP contribution in [-0.4, -0.2) is 34.1 Å². The van der Waals surface area contributed by atoms with Crippen LogP contribution in [0.1, 0.15) is 0 Å². The summed E-state index contributed by atoms with van der Waals surface area (Å²) in [5, 5.41) is 15.8. The number of nitrogens with zero attached hydrogens (tertiary/aromatic N) is 7. The fourth-order valence-corrected chi connectivity index (χ4v) is 3.78. The number of rotatable bonds is 3. The minimum absolute atomic E-state index is 0.0196. The average Bonchev–Trinajstić information content (AvgIpc) is 3.38. The van der Waals surface area contributed by atoms with Crippen LogP contribution in [-0.2, 0) is 0 Å². The van der Waals surface area contributed by atoms with Gasteiger partial charge in [-0.25, -0.2) is 9.97 Å². The number of nitro benzene ring substituents is 1. The zero-order chi connectivity index (χ0) is 19.3. The molecular weight excluding hydrogens is 382 g/mol. The van der Waals surface area contributed by atoms with Crippen molar-refractivity contribution in [2.75, 3.05) is 0 Å². The predicted molar refractivity (Wildman–Crippen MR) is 102 cm³/mol. The molecule has 28 heavy (non-hydrogen) atoms. The van der Waals surface area contributed by atoms with Crippen molar-refractivity contribution in [2.24, 2.45) is 0 Å². The molecule has 0 spiro atoms. The van der Waals surface area contributed by atoms with Crippen molar-refractivity contribution in [3.05, 3.63) is 75.7 Å². The molecule has 0 unspecified atom stereocenters. The Morgan fingerprint density at radius 3 is 2.64 bits per heavy atom. The van der Waals surface area contributed by atoms with Crippen LogP contribution in [0, 0.1) is 10.1 Å². The van der Waals surface area contributed by atoms with Crippen molar-refractivity contribution < 1.29 is 4.92 Å². The molecule has 0 aliphatic rings. The van der Waals surface area contributed by atoms with Gasteiger partial charge in [-0.2, -0.15) is 14.6 Å². The Morgan fingerprint density at radius 2 is 1.86 bits per heavy atom. The molecular formula is C17H9N7O3S. The van der Waals surface area contributed by atoms with Crippen LogP contribution in [0.5, 0.6) is 0 Å². The number of hydrogen-bond acceptors (Lipinski definition) is 8. The topological polar surface area (TPSA) is 121 Å². The van der Waals surface area contributed by atoms with E-state index in [1.54, 1.807) is 30.6 Å². The molecule has 11 heteroatoms. The molecule has 10 nitrogen and oxygen atoms in total. The minimum Gasteiger partial charge on any atom is -0.268 e. The van der Waals surface area contributed by atoms with Gasteiger partial charge >= 0.3 is 0 Å². The molecule has 0 fully saturated rings. The summed E-state index contributed by atoms with van der Waals surface area (Å²) in [6.45, 7) is 0. The van der Waals surface area contributed by atoms with Crippen LogP contribution in [0.15, 0.2) is 60.0 Å². The second-order valence-electron chi connectivity index (χ2n) is 5.83. The smallest absolute Gasteiger partial charge is 0.268 e. The Kier molecular flexibility index (Phi) is 3.49. The van der Waals surface area contributed by atoms with E-state index < -0.39 is 4.92 Å². The van der Waals surface area contributed by atoms with Crippen LogP contribution in [0.2, 0.25) is 0 Å². The number of pyridine rings is 1. The summed E-state index contributed by atoms with van der Waals surface area (Å²) < 4.78 is 2.94. The first-order chi connectivity index (χ1) is 13.6. The average molecular weight is 391 g/mol. The van der Waals surface area contributed by atoms with E-state index in [-0.39, 0.29) is 11.2 Å². The van der Waals surface area contributed by atoms with E-state index in [0.717, 1.165) is 10.4 Å². The van der Waals surface area contributed by atoms with Gasteiger partial charge in [-0.15, -0.1) is 0 Å². The van der Waals surface area contributed by atoms with E-state index in [1.807, 2.05) is 0 Å². The van der Waals surface area contributed by atoms with E-state index in [1.165, 1.54) is 45.1 Å². The molecule has 1 aromatic carbocycles. The standard InChI is InChI=1S/C17H9N7O3S/c25-15-12-7-18-16-20-9-21-23(16)13(12)5-6-22(15)17-19-8-14(28-17)10-1-3-11(4-2-10)24(26)27/h1-9H. The molecule has 0 saturated heterocycles. The predicted octanol–water partition coefficient (Wildman–Crippen LogP) is 2.46. The molecule has 0 saturated carbocycles. The maximum Gasteiger partial charge on any atom is 0.269 e. The molecule has 0 N–H and O–H groups in total. The normalized spacial score (nSPS) is 11.3. The summed E-state index contributed by atoms with van der Waals surface area (Å²) in [5.41, 5.74) is 1.14. The minimum atomic E-state index is -0.448. The van der Waals surface area contributed by atoms with Crippen LogP contribution in [0.4, 0.5) is 5.69 Å². The number of benzene rings is 1. The SMILES string of the molecule is O=c1c2cnc3ncnn3c2ccn1-c1ncc(-c2ccc([N+](=O)[O-])cc2)s1. The third-order valence-electron chi connectivity index (χ3n) is 4.24. The van der Waals surface area contributed by atoms with Gasteiger partial charge in [0.25, 0.3) is 17.0 Å².